The zero-order valence-corrected chi connectivity index (χ0v) is 7.25. The number of hydrogen-bond donors (Lipinski definition) is 1. The normalized spacial score (nSPS) is 41.5. The summed E-state index contributed by atoms with van der Waals surface area (Å²) in [4.78, 5) is 0. The van der Waals surface area contributed by atoms with Gasteiger partial charge in [0.2, 0.25) is 0 Å². The molecular formula is C7H15NOS. The third kappa shape index (κ3) is 1.97. The molecule has 2 nitrogen and oxygen atoms in total. The first-order chi connectivity index (χ1) is 4.64. The van der Waals surface area contributed by atoms with E-state index < -0.39 is 9.73 Å². The highest BCUT2D eigenvalue weighted by Gasteiger charge is 2.18. The van der Waals surface area contributed by atoms with Gasteiger partial charge in [-0.15, -0.1) is 0 Å². The summed E-state index contributed by atoms with van der Waals surface area (Å²) in [6.45, 7) is 2.17. The molecule has 60 valence electrons. The molecule has 1 N–H and O–H groups in total. The Kier molecular flexibility index (Phi) is 2.34. The fourth-order valence-corrected chi connectivity index (χ4v) is 3.00. The highest BCUT2D eigenvalue weighted by atomic mass is 32.2. The molecule has 1 rings (SSSR count). The van der Waals surface area contributed by atoms with Gasteiger partial charge < -0.3 is 0 Å². The Morgan fingerprint density at radius 1 is 1.50 bits per heavy atom. The van der Waals surface area contributed by atoms with Crippen LogP contribution in [0.1, 0.15) is 26.2 Å². The Morgan fingerprint density at radius 2 is 2.00 bits per heavy atom. The fraction of sp³-hybridized carbons (Fsp3) is 1.00. The second-order valence-corrected chi connectivity index (χ2v) is 5.51. The van der Waals surface area contributed by atoms with Gasteiger partial charge in [-0.2, -0.15) is 0 Å². The molecule has 1 fully saturated rings. The van der Waals surface area contributed by atoms with E-state index in [0.717, 1.165) is 18.8 Å². The van der Waals surface area contributed by atoms with E-state index in [1.165, 1.54) is 6.42 Å². The van der Waals surface area contributed by atoms with Crippen molar-refractivity contribution in [1.82, 2.24) is 0 Å². The van der Waals surface area contributed by atoms with Crippen LogP contribution < -0.4 is 0 Å². The van der Waals surface area contributed by atoms with Gasteiger partial charge in [0, 0.05) is 21.2 Å². The molecule has 3 heteroatoms. The number of nitrogens with one attached hydrogen (secondary N) is 1. The van der Waals surface area contributed by atoms with Gasteiger partial charge in [0.1, 0.15) is 0 Å². The molecule has 0 atom stereocenters. The highest BCUT2D eigenvalue weighted by molar-refractivity contribution is 7.92. The zero-order chi connectivity index (χ0) is 7.61. The average Bonchev–Trinajstić information content (AvgIpc) is 1.88. The molecule has 1 heterocycles. The van der Waals surface area contributed by atoms with Crippen molar-refractivity contribution in [2.75, 3.05) is 11.5 Å². The van der Waals surface area contributed by atoms with E-state index in [1.54, 1.807) is 0 Å². The lowest BCUT2D eigenvalue weighted by molar-refractivity contribution is 0.464. The van der Waals surface area contributed by atoms with Crippen molar-refractivity contribution in [3.8, 4) is 0 Å². The molecule has 1 aliphatic heterocycles. The number of rotatable bonds is 1. The summed E-state index contributed by atoms with van der Waals surface area (Å²) in [5.74, 6) is 2.04. The molecule has 0 bridgehead atoms. The standard InChI is InChI=1S/C7H15NOS/c1-2-7-3-5-10(8,9)6-4-7/h7-8H,2-6H2,1H3/t7-,10+. The van der Waals surface area contributed by atoms with Gasteiger partial charge in [0.05, 0.1) is 0 Å². The molecule has 0 spiro atoms. The van der Waals surface area contributed by atoms with Gasteiger partial charge in [0.25, 0.3) is 0 Å². The monoisotopic (exact) mass is 161 g/mol. The molecule has 1 aliphatic rings. The van der Waals surface area contributed by atoms with Gasteiger partial charge in [0.15, 0.2) is 0 Å². The summed E-state index contributed by atoms with van der Waals surface area (Å²) in [6.07, 6.45) is 3.22. The van der Waals surface area contributed by atoms with E-state index in [2.05, 4.69) is 6.92 Å². The van der Waals surface area contributed by atoms with Gasteiger partial charge in [-0.1, -0.05) is 13.3 Å². The molecule has 0 aliphatic carbocycles. The van der Waals surface area contributed by atoms with Crippen molar-refractivity contribution >= 4 is 9.73 Å². The molecule has 1 saturated heterocycles. The smallest absolute Gasteiger partial charge is 0.0441 e. The fourth-order valence-electron chi connectivity index (χ4n) is 1.37. The Morgan fingerprint density at radius 3 is 2.40 bits per heavy atom. The van der Waals surface area contributed by atoms with Crippen LogP contribution in [-0.4, -0.2) is 15.7 Å². The molecule has 0 radical (unpaired) electrons. The van der Waals surface area contributed by atoms with Crippen LogP contribution in [0.25, 0.3) is 0 Å². The first kappa shape index (κ1) is 8.05. The molecule has 0 saturated carbocycles. The van der Waals surface area contributed by atoms with Crippen molar-refractivity contribution in [3.05, 3.63) is 0 Å². The summed E-state index contributed by atoms with van der Waals surface area (Å²) in [7, 11) is -2.13. The third-order valence-electron chi connectivity index (χ3n) is 2.29. The molecule has 0 aromatic rings. The molecule has 0 aromatic carbocycles. The van der Waals surface area contributed by atoms with Crippen molar-refractivity contribution in [3.63, 3.8) is 0 Å². The van der Waals surface area contributed by atoms with Crippen LogP contribution in [0.3, 0.4) is 0 Å². The Bertz CT molecular complexity index is 182. The van der Waals surface area contributed by atoms with Gasteiger partial charge in [-0.3, -0.25) is 4.78 Å². The minimum atomic E-state index is -2.13. The highest BCUT2D eigenvalue weighted by Crippen LogP contribution is 2.21. The molecule has 10 heavy (non-hydrogen) atoms. The van der Waals surface area contributed by atoms with E-state index in [4.69, 9.17) is 4.78 Å². The predicted octanol–water partition coefficient (Wildman–Crippen LogP) is 1.85. The van der Waals surface area contributed by atoms with Gasteiger partial charge in [-0.05, 0) is 18.8 Å². The number of hydrogen-bond acceptors (Lipinski definition) is 2. The van der Waals surface area contributed by atoms with Crippen LogP contribution in [0.2, 0.25) is 0 Å². The van der Waals surface area contributed by atoms with Crippen molar-refractivity contribution in [1.29, 1.82) is 4.78 Å². The average molecular weight is 161 g/mol. The molecular weight excluding hydrogens is 146 g/mol. The van der Waals surface area contributed by atoms with Crippen LogP contribution in [0.4, 0.5) is 0 Å². The Labute approximate surface area is 63.0 Å². The van der Waals surface area contributed by atoms with Crippen LogP contribution in [0.5, 0.6) is 0 Å². The van der Waals surface area contributed by atoms with E-state index >= 15 is 0 Å². The van der Waals surface area contributed by atoms with E-state index in [-0.39, 0.29) is 0 Å². The predicted molar refractivity (Wildman–Crippen MR) is 43.6 cm³/mol. The summed E-state index contributed by atoms with van der Waals surface area (Å²) < 4.78 is 18.5. The molecule has 0 amide bonds. The second kappa shape index (κ2) is 2.91. The minimum absolute atomic E-state index is 0.644. The second-order valence-electron chi connectivity index (χ2n) is 3.07. The van der Waals surface area contributed by atoms with E-state index in [0.29, 0.717) is 11.5 Å². The lowest BCUT2D eigenvalue weighted by Gasteiger charge is -2.21. The van der Waals surface area contributed by atoms with Crippen LogP contribution in [0, 0.1) is 10.7 Å². The first-order valence-electron chi connectivity index (χ1n) is 3.88. The van der Waals surface area contributed by atoms with Crippen molar-refractivity contribution in [2.24, 2.45) is 5.92 Å². The zero-order valence-electron chi connectivity index (χ0n) is 6.43. The van der Waals surface area contributed by atoms with Crippen LogP contribution >= 0.6 is 0 Å². The SMILES string of the molecule is CC[C@H]1CC[S@@](=N)(=O)CC1. The Balaban J connectivity index is 2.46. The molecule has 0 aromatic heterocycles. The maximum absolute atomic E-state index is 11.1. The topological polar surface area (TPSA) is 40.9 Å². The lowest BCUT2D eigenvalue weighted by atomic mass is 10.0. The minimum Gasteiger partial charge on any atom is -0.253 e. The summed E-state index contributed by atoms with van der Waals surface area (Å²) >= 11 is 0. The first-order valence-corrected chi connectivity index (χ1v) is 5.78. The summed E-state index contributed by atoms with van der Waals surface area (Å²) in [5, 5.41) is 0. The van der Waals surface area contributed by atoms with Crippen molar-refractivity contribution in [2.45, 2.75) is 26.2 Å². The Hall–Kier alpha value is -0.0500. The summed E-state index contributed by atoms with van der Waals surface area (Å²) in [5.41, 5.74) is 0. The third-order valence-corrected chi connectivity index (χ3v) is 4.08. The molecule has 0 unspecified atom stereocenters. The van der Waals surface area contributed by atoms with E-state index in [9.17, 15) is 4.21 Å². The van der Waals surface area contributed by atoms with Crippen molar-refractivity contribution < 1.29 is 4.21 Å². The maximum Gasteiger partial charge on any atom is 0.0441 e. The van der Waals surface area contributed by atoms with Crippen LogP contribution in [-0.2, 0) is 9.73 Å². The quantitative estimate of drug-likeness (QED) is 0.626. The van der Waals surface area contributed by atoms with Crippen LogP contribution in [0.15, 0.2) is 0 Å². The summed E-state index contributed by atoms with van der Waals surface area (Å²) in [6, 6.07) is 0. The van der Waals surface area contributed by atoms with E-state index in [1.807, 2.05) is 0 Å². The lowest BCUT2D eigenvalue weighted by Crippen LogP contribution is -2.21. The maximum atomic E-state index is 11.1. The van der Waals surface area contributed by atoms with Gasteiger partial charge >= 0.3 is 0 Å². The largest absolute Gasteiger partial charge is 0.253 e. The van der Waals surface area contributed by atoms with Gasteiger partial charge in [-0.25, -0.2) is 4.21 Å².